The van der Waals surface area contributed by atoms with Gasteiger partial charge in [-0.1, -0.05) is 12.1 Å². The number of halogens is 4. The van der Waals surface area contributed by atoms with Crippen molar-refractivity contribution in [3.63, 3.8) is 0 Å². The normalized spacial score (nSPS) is 16.8. The van der Waals surface area contributed by atoms with Crippen LogP contribution in [0.5, 0.6) is 0 Å². The van der Waals surface area contributed by atoms with Crippen LogP contribution in [0.25, 0.3) is 0 Å². The second-order valence-electron chi connectivity index (χ2n) is 5.98. The topological polar surface area (TPSA) is 40.6 Å². The second kappa shape index (κ2) is 7.34. The highest BCUT2D eigenvalue weighted by Gasteiger charge is 2.32. The predicted molar refractivity (Wildman–Crippen MR) is 86.8 cm³/mol. The minimum atomic E-state index is -4.26. The van der Waals surface area contributed by atoms with Crippen LogP contribution in [-0.4, -0.2) is 43.8 Å². The molecular weight excluding hydrogens is 372 g/mol. The van der Waals surface area contributed by atoms with Gasteiger partial charge in [-0.25, -0.2) is 26.0 Å². The number of hydrogen-bond acceptors (Lipinski definition) is 3. The van der Waals surface area contributed by atoms with Crippen molar-refractivity contribution >= 4 is 10.0 Å². The summed E-state index contributed by atoms with van der Waals surface area (Å²) in [5.74, 6) is -5.29. The van der Waals surface area contributed by atoms with E-state index in [2.05, 4.69) is 0 Å². The fourth-order valence-corrected chi connectivity index (χ4v) is 4.30. The maximum absolute atomic E-state index is 13.8. The summed E-state index contributed by atoms with van der Waals surface area (Å²) in [4.78, 5) is 1.10. The minimum Gasteiger partial charge on any atom is -0.296 e. The summed E-state index contributed by atoms with van der Waals surface area (Å²) < 4.78 is 79.2. The first-order valence-corrected chi connectivity index (χ1v) is 9.33. The largest absolute Gasteiger partial charge is 0.296 e. The van der Waals surface area contributed by atoms with Gasteiger partial charge in [0.15, 0.2) is 17.5 Å². The van der Waals surface area contributed by atoms with Crippen molar-refractivity contribution in [1.29, 1.82) is 0 Å². The first-order chi connectivity index (χ1) is 12.3. The molecule has 0 bridgehead atoms. The summed E-state index contributed by atoms with van der Waals surface area (Å²) in [7, 11) is -4.26. The Kier molecular flexibility index (Phi) is 5.31. The highest BCUT2D eigenvalue weighted by Crippen LogP contribution is 2.24. The molecule has 0 amide bonds. The summed E-state index contributed by atoms with van der Waals surface area (Å²) in [6.07, 6.45) is 0. The summed E-state index contributed by atoms with van der Waals surface area (Å²) in [6.45, 7) is 1.45. The molecule has 0 saturated carbocycles. The monoisotopic (exact) mass is 388 g/mol. The van der Waals surface area contributed by atoms with Gasteiger partial charge >= 0.3 is 0 Å². The Hall–Kier alpha value is -1.97. The second-order valence-corrected chi connectivity index (χ2v) is 7.89. The highest BCUT2D eigenvalue weighted by molar-refractivity contribution is 7.89. The van der Waals surface area contributed by atoms with Crippen molar-refractivity contribution in [1.82, 2.24) is 9.21 Å². The van der Waals surface area contributed by atoms with Gasteiger partial charge in [-0.15, -0.1) is 0 Å². The number of rotatable bonds is 4. The maximum Gasteiger partial charge on any atom is 0.246 e. The van der Waals surface area contributed by atoms with Gasteiger partial charge in [0, 0.05) is 32.7 Å². The van der Waals surface area contributed by atoms with E-state index in [0.29, 0.717) is 25.7 Å². The van der Waals surface area contributed by atoms with E-state index in [1.54, 1.807) is 12.1 Å². The molecular formula is C17H16F4N2O2S. The van der Waals surface area contributed by atoms with E-state index in [1.807, 2.05) is 4.90 Å². The van der Waals surface area contributed by atoms with Gasteiger partial charge in [0.05, 0.1) is 0 Å². The first kappa shape index (κ1) is 18.8. The van der Waals surface area contributed by atoms with Crippen LogP contribution in [0, 0.1) is 23.3 Å². The van der Waals surface area contributed by atoms with Crippen molar-refractivity contribution in [3.05, 3.63) is 65.2 Å². The fraction of sp³-hybridized carbons (Fsp3) is 0.294. The lowest BCUT2D eigenvalue weighted by Crippen LogP contribution is -2.48. The number of nitrogens with zero attached hydrogens (tertiary/aromatic N) is 2. The Morgan fingerprint density at radius 2 is 1.42 bits per heavy atom. The third-order valence-electron chi connectivity index (χ3n) is 4.27. The van der Waals surface area contributed by atoms with Crippen molar-refractivity contribution in [2.75, 3.05) is 26.2 Å². The van der Waals surface area contributed by atoms with E-state index < -0.39 is 32.4 Å². The number of hydrogen-bond donors (Lipinski definition) is 0. The zero-order chi connectivity index (χ0) is 18.9. The lowest BCUT2D eigenvalue weighted by Gasteiger charge is -2.34. The lowest BCUT2D eigenvalue weighted by molar-refractivity contribution is 0.181. The Labute approximate surface area is 148 Å². The lowest BCUT2D eigenvalue weighted by atomic mass is 10.2. The SMILES string of the molecule is O=S(=O)(c1ccc(F)c(F)c1F)N1CCN(Cc2ccc(F)cc2)CC1. The third-order valence-corrected chi connectivity index (χ3v) is 6.18. The highest BCUT2D eigenvalue weighted by atomic mass is 32.2. The average molecular weight is 388 g/mol. The third kappa shape index (κ3) is 3.74. The van der Waals surface area contributed by atoms with Crippen LogP contribution in [0.1, 0.15) is 5.56 Å². The number of piperazine rings is 1. The zero-order valence-corrected chi connectivity index (χ0v) is 14.4. The van der Waals surface area contributed by atoms with Crippen LogP contribution in [0.15, 0.2) is 41.3 Å². The molecule has 0 aliphatic carbocycles. The summed E-state index contributed by atoms with van der Waals surface area (Å²) in [5.41, 5.74) is 0.884. The Balaban J connectivity index is 1.69. The van der Waals surface area contributed by atoms with Crippen molar-refractivity contribution in [2.45, 2.75) is 11.4 Å². The summed E-state index contributed by atoms with van der Waals surface area (Å²) in [5, 5.41) is 0. The van der Waals surface area contributed by atoms with E-state index in [-0.39, 0.29) is 18.9 Å². The van der Waals surface area contributed by atoms with Crippen LogP contribution in [0.3, 0.4) is 0 Å². The summed E-state index contributed by atoms with van der Waals surface area (Å²) >= 11 is 0. The molecule has 2 aromatic rings. The molecule has 26 heavy (non-hydrogen) atoms. The molecule has 1 aliphatic heterocycles. The zero-order valence-electron chi connectivity index (χ0n) is 13.6. The van der Waals surface area contributed by atoms with Crippen LogP contribution in [0.4, 0.5) is 17.6 Å². The van der Waals surface area contributed by atoms with Gasteiger partial charge in [-0.2, -0.15) is 4.31 Å². The van der Waals surface area contributed by atoms with E-state index in [0.717, 1.165) is 15.9 Å². The quantitative estimate of drug-likeness (QED) is 0.598. The fourth-order valence-electron chi connectivity index (χ4n) is 2.82. The van der Waals surface area contributed by atoms with Gasteiger partial charge < -0.3 is 0 Å². The van der Waals surface area contributed by atoms with Gasteiger partial charge in [0.25, 0.3) is 0 Å². The van der Waals surface area contributed by atoms with Crippen LogP contribution < -0.4 is 0 Å². The molecule has 0 unspecified atom stereocenters. The summed E-state index contributed by atoms with van der Waals surface area (Å²) in [6, 6.07) is 7.32. The van der Waals surface area contributed by atoms with Crippen LogP contribution in [-0.2, 0) is 16.6 Å². The molecule has 9 heteroatoms. The van der Waals surface area contributed by atoms with Crippen molar-refractivity contribution in [2.24, 2.45) is 0 Å². The van der Waals surface area contributed by atoms with E-state index in [4.69, 9.17) is 0 Å². The Morgan fingerprint density at radius 1 is 0.808 bits per heavy atom. The van der Waals surface area contributed by atoms with Gasteiger partial charge in [0.1, 0.15) is 10.7 Å². The standard InChI is InChI=1S/C17H16F4N2O2S/c18-13-3-1-12(2-4-13)11-22-7-9-23(10-8-22)26(24,25)15-6-5-14(19)16(20)17(15)21/h1-6H,7-11H2. The molecule has 1 heterocycles. The molecule has 1 aliphatic rings. The van der Waals surface area contributed by atoms with Crippen LogP contribution >= 0.6 is 0 Å². The number of benzene rings is 2. The Bertz CT molecular complexity index is 896. The first-order valence-electron chi connectivity index (χ1n) is 7.89. The molecule has 0 aromatic heterocycles. The van der Waals surface area contributed by atoms with E-state index in [9.17, 15) is 26.0 Å². The number of sulfonamides is 1. The smallest absolute Gasteiger partial charge is 0.246 e. The Morgan fingerprint density at radius 3 is 2.04 bits per heavy atom. The molecule has 0 spiro atoms. The van der Waals surface area contributed by atoms with Crippen LogP contribution in [0.2, 0.25) is 0 Å². The molecule has 0 radical (unpaired) electrons. The van der Waals surface area contributed by atoms with Crippen molar-refractivity contribution < 1.29 is 26.0 Å². The molecule has 4 nitrogen and oxygen atoms in total. The van der Waals surface area contributed by atoms with Gasteiger partial charge in [-0.3, -0.25) is 4.90 Å². The molecule has 3 rings (SSSR count). The minimum absolute atomic E-state index is 0.0853. The molecule has 0 N–H and O–H groups in total. The molecule has 1 saturated heterocycles. The molecule has 140 valence electrons. The average Bonchev–Trinajstić information content (AvgIpc) is 2.62. The van der Waals surface area contributed by atoms with E-state index in [1.165, 1.54) is 12.1 Å². The van der Waals surface area contributed by atoms with Gasteiger partial charge in [-0.05, 0) is 29.8 Å². The molecule has 0 atom stereocenters. The van der Waals surface area contributed by atoms with Crippen molar-refractivity contribution in [3.8, 4) is 0 Å². The maximum atomic E-state index is 13.8. The predicted octanol–water partition coefficient (Wildman–Crippen LogP) is 2.75. The van der Waals surface area contributed by atoms with E-state index >= 15 is 0 Å². The molecule has 1 fully saturated rings. The molecule has 2 aromatic carbocycles. The van der Waals surface area contributed by atoms with Gasteiger partial charge in [0.2, 0.25) is 10.0 Å².